The Morgan fingerprint density at radius 1 is 1.33 bits per heavy atom. The molecule has 0 spiro atoms. The second-order valence-corrected chi connectivity index (χ2v) is 3.37. The molecule has 1 amide bonds. The fourth-order valence-corrected chi connectivity index (χ4v) is 1.45. The maximum atomic E-state index is 11.0. The van der Waals surface area contributed by atoms with Crippen LogP contribution in [-0.2, 0) is 0 Å². The first-order valence-electron chi connectivity index (χ1n) is 4.91. The summed E-state index contributed by atoms with van der Waals surface area (Å²) in [6.07, 6.45) is 4.52. The van der Waals surface area contributed by atoms with Crippen molar-refractivity contribution in [3.8, 4) is 5.69 Å². The highest BCUT2D eigenvalue weighted by Gasteiger charge is 2.11. The number of aromatic nitrogens is 3. The number of carbonyl (C=O) groups excluding carboxylic acids is 1. The normalized spacial score (nSPS) is 11.4. The molecule has 2 aromatic rings. The molecule has 0 aliphatic rings. The summed E-state index contributed by atoms with van der Waals surface area (Å²) in [7, 11) is 0. The summed E-state index contributed by atoms with van der Waals surface area (Å²) >= 11 is 0. The van der Waals surface area contributed by atoms with Crippen molar-refractivity contribution in [2.24, 2.45) is 16.6 Å². The number of rotatable bonds is 3. The van der Waals surface area contributed by atoms with Gasteiger partial charge in [0, 0.05) is 18.6 Å². The molecule has 92 valence electrons. The number of nitrogens with two attached hydrogens (primary N) is 2. The van der Waals surface area contributed by atoms with E-state index in [-0.39, 0.29) is 17.4 Å². The Morgan fingerprint density at radius 3 is 2.78 bits per heavy atom. The van der Waals surface area contributed by atoms with Crippen molar-refractivity contribution >= 4 is 11.7 Å². The third kappa shape index (κ3) is 1.98. The van der Waals surface area contributed by atoms with Crippen molar-refractivity contribution < 1.29 is 10.0 Å². The van der Waals surface area contributed by atoms with Crippen LogP contribution in [0.4, 0.5) is 0 Å². The molecule has 5 N–H and O–H groups in total. The van der Waals surface area contributed by atoms with Crippen molar-refractivity contribution in [2.75, 3.05) is 0 Å². The summed E-state index contributed by atoms with van der Waals surface area (Å²) in [4.78, 5) is 18.8. The zero-order valence-corrected chi connectivity index (χ0v) is 9.19. The number of imidazole rings is 1. The number of nitrogens with zero attached hydrogens (tertiary/aromatic N) is 4. The summed E-state index contributed by atoms with van der Waals surface area (Å²) in [5.41, 5.74) is 11.3. The second kappa shape index (κ2) is 4.53. The average molecular weight is 246 g/mol. The van der Waals surface area contributed by atoms with Gasteiger partial charge in [-0.3, -0.25) is 14.3 Å². The van der Waals surface area contributed by atoms with Crippen LogP contribution in [0.25, 0.3) is 5.69 Å². The van der Waals surface area contributed by atoms with Crippen LogP contribution < -0.4 is 11.5 Å². The van der Waals surface area contributed by atoms with Crippen LogP contribution in [0, 0.1) is 0 Å². The number of amides is 1. The molecule has 8 nitrogen and oxygen atoms in total. The van der Waals surface area contributed by atoms with Crippen molar-refractivity contribution in [2.45, 2.75) is 0 Å². The quantitative estimate of drug-likeness (QED) is 0.289. The third-order valence-electron chi connectivity index (χ3n) is 2.25. The Hall–Kier alpha value is -2.90. The van der Waals surface area contributed by atoms with Crippen LogP contribution >= 0.6 is 0 Å². The minimum atomic E-state index is -0.637. The molecule has 8 heteroatoms. The molecule has 0 aliphatic heterocycles. The molecule has 0 saturated carbocycles. The van der Waals surface area contributed by atoms with Gasteiger partial charge in [0.25, 0.3) is 5.91 Å². The lowest BCUT2D eigenvalue weighted by Crippen LogP contribution is -2.19. The lowest BCUT2D eigenvalue weighted by atomic mass is 10.3. The van der Waals surface area contributed by atoms with Crippen molar-refractivity contribution in [3.05, 3.63) is 42.2 Å². The summed E-state index contributed by atoms with van der Waals surface area (Å²) in [6, 6.07) is 3.13. The molecule has 0 radical (unpaired) electrons. The Kier molecular flexibility index (Phi) is 2.92. The number of oxime groups is 1. The van der Waals surface area contributed by atoms with Gasteiger partial charge in [-0.1, -0.05) is 5.16 Å². The molecule has 2 rings (SSSR count). The minimum Gasteiger partial charge on any atom is -0.409 e. The SMILES string of the molecule is NC(=O)c1cc(-n2ccnc2C(N)=NO)ccn1. The van der Waals surface area contributed by atoms with E-state index in [4.69, 9.17) is 16.7 Å². The largest absolute Gasteiger partial charge is 0.409 e. The highest BCUT2D eigenvalue weighted by atomic mass is 16.4. The first-order chi connectivity index (χ1) is 8.63. The van der Waals surface area contributed by atoms with Gasteiger partial charge < -0.3 is 16.7 Å². The van der Waals surface area contributed by atoms with E-state index in [2.05, 4.69) is 15.1 Å². The molecular weight excluding hydrogens is 236 g/mol. The summed E-state index contributed by atoms with van der Waals surface area (Å²) < 4.78 is 1.54. The van der Waals surface area contributed by atoms with E-state index in [0.717, 1.165) is 0 Å². The predicted molar refractivity (Wildman–Crippen MR) is 62.4 cm³/mol. The van der Waals surface area contributed by atoms with E-state index < -0.39 is 5.91 Å². The Morgan fingerprint density at radius 2 is 2.11 bits per heavy atom. The average Bonchev–Trinajstić information content (AvgIpc) is 2.87. The monoisotopic (exact) mass is 246 g/mol. The maximum Gasteiger partial charge on any atom is 0.267 e. The number of pyridine rings is 1. The van der Waals surface area contributed by atoms with E-state index in [1.165, 1.54) is 18.5 Å². The standard InChI is InChI=1S/C10H10N6O2/c11-8(15-18)10-14-3-4-16(10)6-1-2-13-7(5-6)9(12)17/h1-5,18H,(H2,11,15)(H2,12,17). The van der Waals surface area contributed by atoms with Crippen LogP contribution in [0.1, 0.15) is 16.3 Å². The van der Waals surface area contributed by atoms with Gasteiger partial charge in [0.1, 0.15) is 5.69 Å². The van der Waals surface area contributed by atoms with Crippen molar-refractivity contribution in [1.29, 1.82) is 0 Å². The molecular formula is C10H10N6O2. The molecule has 0 unspecified atom stereocenters. The van der Waals surface area contributed by atoms with E-state index in [9.17, 15) is 4.79 Å². The molecule has 0 bridgehead atoms. The Balaban J connectivity index is 2.53. The summed E-state index contributed by atoms with van der Waals surface area (Å²) in [5.74, 6) is -0.529. The molecule has 2 aromatic heterocycles. The minimum absolute atomic E-state index is 0.117. The van der Waals surface area contributed by atoms with E-state index in [1.54, 1.807) is 16.8 Å². The molecule has 0 aliphatic carbocycles. The van der Waals surface area contributed by atoms with Gasteiger partial charge in [-0.15, -0.1) is 0 Å². The fraction of sp³-hybridized carbons (Fsp3) is 0. The van der Waals surface area contributed by atoms with Crippen LogP contribution in [0.2, 0.25) is 0 Å². The van der Waals surface area contributed by atoms with Gasteiger partial charge in [-0.2, -0.15) is 0 Å². The van der Waals surface area contributed by atoms with Gasteiger partial charge in [0.15, 0.2) is 5.82 Å². The number of hydrogen-bond acceptors (Lipinski definition) is 5. The van der Waals surface area contributed by atoms with Gasteiger partial charge >= 0.3 is 0 Å². The molecule has 0 aromatic carbocycles. The lowest BCUT2D eigenvalue weighted by molar-refractivity contribution is 0.0995. The first kappa shape index (κ1) is 11.6. The third-order valence-corrected chi connectivity index (χ3v) is 2.25. The molecule has 0 atom stereocenters. The fourth-order valence-electron chi connectivity index (χ4n) is 1.45. The number of primary amides is 1. The van der Waals surface area contributed by atoms with Crippen LogP contribution in [0.3, 0.4) is 0 Å². The second-order valence-electron chi connectivity index (χ2n) is 3.37. The first-order valence-corrected chi connectivity index (χ1v) is 4.91. The lowest BCUT2D eigenvalue weighted by Gasteiger charge is -2.07. The zero-order chi connectivity index (χ0) is 13.1. The molecule has 2 heterocycles. The number of hydrogen-bond donors (Lipinski definition) is 3. The molecule has 0 fully saturated rings. The van der Waals surface area contributed by atoms with E-state index >= 15 is 0 Å². The Bertz CT molecular complexity index is 618. The van der Waals surface area contributed by atoms with Crippen molar-refractivity contribution in [1.82, 2.24) is 14.5 Å². The number of carbonyl (C=O) groups is 1. The predicted octanol–water partition coefficient (Wildman–Crippen LogP) is -0.539. The summed E-state index contributed by atoms with van der Waals surface area (Å²) in [6.45, 7) is 0. The van der Waals surface area contributed by atoms with E-state index in [0.29, 0.717) is 5.69 Å². The smallest absolute Gasteiger partial charge is 0.267 e. The van der Waals surface area contributed by atoms with Gasteiger partial charge in [-0.05, 0) is 12.1 Å². The molecule has 18 heavy (non-hydrogen) atoms. The van der Waals surface area contributed by atoms with Crippen molar-refractivity contribution in [3.63, 3.8) is 0 Å². The summed E-state index contributed by atoms with van der Waals surface area (Å²) in [5, 5.41) is 11.5. The van der Waals surface area contributed by atoms with Gasteiger partial charge in [-0.25, -0.2) is 4.98 Å². The number of amidine groups is 1. The zero-order valence-electron chi connectivity index (χ0n) is 9.19. The van der Waals surface area contributed by atoms with Crippen LogP contribution in [0.15, 0.2) is 35.9 Å². The maximum absolute atomic E-state index is 11.0. The molecule has 0 saturated heterocycles. The van der Waals surface area contributed by atoms with Crippen LogP contribution in [0.5, 0.6) is 0 Å². The topological polar surface area (TPSA) is 132 Å². The highest BCUT2D eigenvalue weighted by Crippen LogP contribution is 2.11. The highest BCUT2D eigenvalue weighted by molar-refractivity contribution is 5.94. The van der Waals surface area contributed by atoms with Gasteiger partial charge in [0.05, 0.1) is 5.69 Å². The van der Waals surface area contributed by atoms with Gasteiger partial charge in [0.2, 0.25) is 5.84 Å². The van der Waals surface area contributed by atoms with Crippen LogP contribution in [-0.4, -0.2) is 31.5 Å². The van der Waals surface area contributed by atoms with E-state index in [1.807, 2.05) is 0 Å². The Labute approximate surface area is 102 Å².